The number of hydrogen-bond donors (Lipinski definition) is 2. The van der Waals surface area contributed by atoms with E-state index in [1.165, 1.54) is 0 Å². The molecule has 1 fully saturated rings. The van der Waals surface area contributed by atoms with Crippen LogP contribution in [0.25, 0.3) is 0 Å². The van der Waals surface area contributed by atoms with Crippen molar-refractivity contribution in [2.75, 3.05) is 25.2 Å². The normalized spacial score (nSPS) is 23.1. The molecule has 114 valence electrons. The number of nitrogens with two attached hydrogens (primary N) is 1. The minimum atomic E-state index is -2.98. The van der Waals surface area contributed by atoms with Crippen molar-refractivity contribution in [1.29, 1.82) is 0 Å². The van der Waals surface area contributed by atoms with Crippen molar-refractivity contribution in [1.82, 2.24) is 15.2 Å². The summed E-state index contributed by atoms with van der Waals surface area (Å²) in [6.07, 6.45) is 2.11. The van der Waals surface area contributed by atoms with E-state index in [2.05, 4.69) is 10.5 Å². The summed E-state index contributed by atoms with van der Waals surface area (Å²) in [5.74, 6) is 5.84. The first kappa shape index (κ1) is 15.7. The molecule has 2 heterocycles. The monoisotopic (exact) mass is 322 g/mol. The standard InChI is InChI=1S/C11H19ClN4O3S/c1-19-4-3-16-11(9(12)6-14-16)10(15-13)8-2-5-20(17,18)7-8/h6,8,10,15H,2-5,7,13H2,1H3. The zero-order valence-corrected chi connectivity index (χ0v) is 12.8. The highest BCUT2D eigenvalue weighted by Crippen LogP contribution is 2.34. The molecule has 9 heteroatoms. The van der Waals surface area contributed by atoms with E-state index >= 15 is 0 Å². The first-order valence-electron chi connectivity index (χ1n) is 6.35. The molecular weight excluding hydrogens is 304 g/mol. The molecule has 1 aromatic rings. The number of ether oxygens (including phenoxy) is 1. The molecule has 1 saturated heterocycles. The smallest absolute Gasteiger partial charge is 0.150 e. The number of nitrogens with one attached hydrogen (secondary N) is 1. The van der Waals surface area contributed by atoms with Gasteiger partial charge in [0.05, 0.1) is 47.6 Å². The summed E-state index contributed by atoms with van der Waals surface area (Å²) in [6, 6.07) is -0.334. The van der Waals surface area contributed by atoms with Gasteiger partial charge in [-0.25, -0.2) is 8.42 Å². The van der Waals surface area contributed by atoms with E-state index in [1.807, 2.05) is 0 Å². The summed E-state index contributed by atoms with van der Waals surface area (Å²) < 4.78 is 30.0. The van der Waals surface area contributed by atoms with Gasteiger partial charge in [-0.2, -0.15) is 5.10 Å². The first-order valence-corrected chi connectivity index (χ1v) is 8.55. The average molecular weight is 323 g/mol. The summed E-state index contributed by atoms with van der Waals surface area (Å²) in [5.41, 5.74) is 3.41. The highest BCUT2D eigenvalue weighted by Gasteiger charge is 2.36. The van der Waals surface area contributed by atoms with Crippen molar-refractivity contribution < 1.29 is 13.2 Å². The number of nitrogens with zero attached hydrogens (tertiary/aromatic N) is 2. The minimum absolute atomic E-state index is 0.0968. The Bertz CT molecular complexity index is 560. The Morgan fingerprint density at radius 1 is 1.70 bits per heavy atom. The van der Waals surface area contributed by atoms with Gasteiger partial charge in [-0.05, 0) is 12.3 Å². The maximum absolute atomic E-state index is 11.6. The van der Waals surface area contributed by atoms with Crippen molar-refractivity contribution in [3.8, 4) is 0 Å². The maximum atomic E-state index is 11.6. The van der Waals surface area contributed by atoms with Gasteiger partial charge < -0.3 is 4.74 Å². The molecule has 7 nitrogen and oxygen atoms in total. The molecule has 0 saturated carbocycles. The van der Waals surface area contributed by atoms with Crippen LogP contribution in [0, 0.1) is 5.92 Å². The second-order valence-electron chi connectivity index (χ2n) is 4.90. The van der Waals surface area contributed by atoms with Gasteiger partial charge in [-0.3, -0.25) is 16.0 Å². The molecule has 1 aliphatic heterocycles. The third kappa shape index (κ3) is 3.32. The zero-order chi connectivity index (χ0) is 14.8. The van der Waals surface area contributed by atoms with E-state index in [0.717, 1.165) is 0 Å². The predicted molar refractivity (Wildman–Crippen MR) is 75.9 cm³/mol. The summed E-state index contributed by atoms with van der Waals surface area (Å²) in [5, 5.41) is 4.67. The Kier molecular flexibility index (Phi) is 5.03. The van der Waals surface area contributed by atoms with Gasteiger partial charge >= 0.3 is 0 Å². The highest BCUT2D eigenvalue weighted by molar-refractivity contribution is 7.91. The summed E-state index contributed by atoms with van der Waals surface area (Å²) in [4.78, 5) is 0. The van der Waals surface area contributed by atoms with Gasteiger partial charge in [0.25, 0.3) is 0 Å². The van der Waals surface area contributed by atoms with E-state index < -0.39 is 9.84 Å². The fourth-order valence-corrected chi connectivity index (χ4v) is 4.66. The zero-order valence-electron chi connectivity index (χ0n) is 11.3. The van der Waals surface area contributed by atoms with Crippen molar-refractivity contribution >= 4 is 21.4 Å². The van der Waals surface area contributed by atoms with Crippen LogP contribution in [0.5, 0.6) is 0 Å². The molecule has 0 aromatic carbocycles. The molecule has 20 heavy (non-hydrogen) atoms. The second kappa shape index (κ2) is 6.40. The Labute approximate surface area is 123 Å². The first-order chi connectivity index (χ1) is 9.48. The number of methoxy groups -OCH3 is 1. The molecule has 1 aliphatic rings. The van der Waals surface area contributed by atoms with Gasteiger partial charge in [0.1, 0.15) is 0 Å². The number of rotatable bonds is 6. The quantitative estimate of drug-likeness (QED) is 0.570. The minimum Gasteiger partial charge on any atom is -0.383 e. The largest absolute Gasteiger partial charge is 0.383 e. The molecule has 0 amide bonds. The third-order valence-electron chi connectivity index (χ3n) is 3.55. The lowest BCUT2D eigenvalue weighted by atomic mass is 9.97. The molecular formula is C11H19ClN4O3S. The molecule has 1 aromatic heterocycles. The topological polar surface area (TPSA) is 99.2 Å². The van der Waals surface area contributed by atoms with Gasteiger partial charge in [0.2, 0.25) is 0 Å². The molecule has 0 bridgehead atoms. The van der Waals surface area contributed by atoms with Crippen LogP contribution >= 0.6 is 11.6 Å². The fourth-order valence-electron chi connectivity index (χ4n) is 2.56. The Balaban J connectivity index is 2.25. The lowest BCUT2D eigenvalue weighted by molar-refractivity contribution is 0.180. The van der Waals surface area contributed by atoms with Gasteiger partial charge in [-0.15, -0.1) is 0 Å². The fraction of sp³-hybridized carbons (Fsp3) is 0.727. The van der Waals surface area contributed by atoms with Crippen LogP contribution in [0.4, 0.5) is 0 Å². The molecule has 2 rings (SSSR count). The van der Waals surface area contributed by atoms with E-state index in [4.69, 9.17) is 22.2 Å². The average Bonchev–Trinajstić information content (AvgIpc) is 2.93. The molecule has 2 atom stereocenters. The van der Waals surface area contributed by atoms with E-state index in [1.54, 1.807) is 18.0 Å². The van der Waals surface area contributed by atoms with Crippen LogP contribution in [0.3, 0.4) is 0 Å². The van der Waals surface area contributed by atoms with Crippen molar-refractivity contribution in [3.05, 3.63) is 16.9 Å². The summed E-state index contributed by atoms with van der Waals surface area (Å²) >= 11 is 6.18. The Morgan fingerprint density at radius 2 is 2.45 bits per heavy atom. The lowest BCUT2D eigenvalue weighted by Crippen LogP contribution is -2.36. The number of sulfone groups is 1. The number of hydrazine groups is 1. The lowest BCUT2D eigenvalue weighted by Gasteiger charge is -2.23. The Morgan fingerprint density at radius 3 is 3.00 bits per heavy atom. The predicted octanol–water partition coefficient (Wildman–Crippen LogP) is 0.122. The van der Waals surface area contributed by atoms with Crippen LogP contribution in [0.15, 0.2) is 6.20 Å². The highest BCUT2D eigenvalue weighted by atomic mass is 35.5. The van der Waals surface area contributed by atoms with Crippen LogP contribution in [-0.4, -0.2) is 43.4 Å². The number of hydrogen-bond acceptors (Lipinski definition) is 6. The van der Waals surface area contributed by atoms with Crippen molar-refractivity contribution in [2.24, 2.45) is 11.8 Å². The van der Waals surface area contributed by atoms with Crippen LogP contribution in [0.2, 0.25) is 5.02 Å². The van der Waals surface area contributed by atoms with Crippen LogP contribution in [0.1, 0.15) is 18.2 Å². The third-order valence-corrected chi connectivity index (χ3v) is 5.64. The number of halogens is 1. The molecule has 3 N–H and O–H groups in total. The van der Waals surface area contributed by atoms with Crippen molar-refractivity contribution in [2.45, 2.75) is 19.0 Å². The van der Waals surface area contributed by atoms with E-state index in [-0.39, 0.29) is 23.5 Å². The summed E-state index contributed by atoms with van der Waals surface area (Å²) in [6.45, 7) is 1.03. The molecule has 0 aliphatic carbocycles. The van der Waals surface area contributed by atoms with E-state index in [9.17, 15) is 8.42 Å². The van der Waals surface area contributed by atoms with Gasteiger partial charge in [-0.1, -0.05) is 11.6 Å². The Hall–Kier alpha value is -0.670. The van der Waals surface area contributed by atoms with Crippen LogP contribution in [-0.2, 0) is 21.1 Å². The van der Waals surface area contributed by atoms with Crippen LogP contribution < -0.4 is 11.3 Å². The number of aromatic nitrogens is 2. The molecule has 0 radical (unpaired) electrons. The maximum Gasteiger partial charge on any atom is 0.150 e. The van der Waals surface area contributed by atoms with E-state index in [0.29, 0.717) is 30.3 Å². The molecule has 0 spiro atoms. The van der Waals surface area contributed by atoms with Crippen molar-refractivity contribution in [3.63, 3.8) is 0 Å². The SMILES string of the molecule is COCCn1ncc(Cl)c1C(NN)C1CCS(=O)(=O)C1. The van der Waals surface area contributed by atoms with Gasteiger partial charge in [0, 0.05) is 7.11 Å². The second-order valence-corrected chi connectivity index (χ2v) is 7.54. The molecule has 2 unspecified atom stereocenters. The summed E-state index contributed by atoms with van der Waals surface area (Å²) in [7, 11) is -1.37. The van der Waals surface area contributed by atoms with Gasteiger partial charge in [0.15, 0.2) is 9.84 Å².